The lowest BCUT2D eigenvalue weighted by atomic mass is 9.74. The first kappa shape index (κ1) is 26.5. The summed E-state index contributed by atoms with van der Waals surface area (Å²) in [7, 11) is 0. The van der Waals surface area contributed by atoms with Crippen molar-refractivity contribution in [3.8, 4) is 0 Å². The molecular weight excluding hydrogens is 432 g/mol. The van der Waals surface area contributed by atoms with Gasteiger partial charge >= 0.3 is 11.9 Å². The summed E-state index contributed by atoms with van der Waals surface area (Å²) in [5.41, 5.74) is 4.07. The van der Waals surface area contributed by atoms with E-state index in [2.05, 4.69) is 11.5 Å². The van der Waals surface area contributed by atoms with Crippen molar-refractivity contribution in [1.29, 1.82) is 0 Å². The van der Waals surface area contributed by atoms with E-state index in [-0.39, 0.29) is 25.2 Å². The molecule has 188 valence electrons. The van der Waals surface area contributed by atoms with Crippen molar-refractivity contribution in [3.05, 3.63) is 34.8 Å². The fraction of sp³-hybridized carbons (Fsp3) is 0.714. The predicted molar refractivity (Wildman–Crippen MR) is 129 cm³/mol. The van der Waals surface area contributed by atoms with Crippen LogP contribution in [0.5, 0.6) is 0 Å². The van der Waals surface area contributed by atoms with Gasteiger partial charge in [0.1, 0.15) is 0 Å². The summed E-state index contributed by atoms with van der Waals surface area (Å²) in [5.74, 6) is -0.573. The van der Waals surface area contributed by atoms with E-state index in [0.29, 0.717) is 51.4 Å². The molecule has 4 unspecified atom stereocenters. The zero-order chi connectivity index (χ0) is 25.0. The van der Waals surface area contributed by atoms with Crippen molar-refractivity contribution >= 4 is 11.9 Å². The van der Waals surface area contributed by atoms with E-state index < -0.39 is 22.0 Å². The Hall–Kier alpha value is -2.10. The van der Waals surface area contributed by atoms with Gasteiger partial charge in [-0.3, -0.25) is 9.59 Å². The third kappa shape index (κ3) is 5.42. The number of hydrogen-bond donors (Lipinski definition) is 2. The van der Waals surface area contributed by atoms with E-state index in [4.69, 9.17) is 9.47 Å². The fourth-order valence-corrected chi connectivity index (χ4v) is 5.64. The van der Waals surface area contributed by atoms with Gasteiger partial charge in [0.05, 0.1) is 35.2 Å². The van der Waals surface area contributed by atoms with Gasteiger partial charge in [-0.15, -0.1) is 11.5 Å². The van der Waals surface area contributed by atoms with Crippen LogP contribution < -0.4 is 0 Å². The molecular formula is C28H40O6. The molecule has 6 heteroatoms. The zero-order valence-electron chi connectivity index (χ0n) is 21.2. The molecule has 4 atom stereocenters. The number of carbonyl (C=O) groups is 2. The number of ether oxygens (including phenoxy) is 2. The minimum Gasteiger partial charge on any atom is -0.465 e. The van der Waals surface area contributed by atoms with Crippen LogP contribution in [0.15, 0.2) is 34.8 Å². The molecule has 6 nitrogen and oxygen atoms in total. The van der Waals surface area contributed by atoms with Gasteiger partial charge in [0.2, 0.25) is 0 Å². The van der Waals surface area contributed by atoms with E-state index in [9.17, 15) is 19.8 Å². The molecule has 0 aromatic rings. The zero-order valence-corrected chi connectivity index (χ0v) is 21.2. The van der Waals surface area contributed by atoms with Crippen molar-refractivity contribution in [2.45, 2.75) is 103 Å². The number of aliphatic hydroxyl groups is 2. The molecule has 0 saturated heterocycles. The maximum absolute atomic E-state index is 13.1. The highest BCUT2D eigenvalue weighted by Crippen LogP contribution is 2.50. The average Bonchev–Trinajstić information content (AvgIpc) is 3.39. The van der Waals surface area contributed by atoms with Crippen LogP contribution >= 0.6 is 0 Å². The highest BCUT2D eigenvalue weighted by molar-refractivity contribution is 5.82. The number of carbonyl (C=O) groups excluding carboxylic acids is 2. The fourth-order valence-electron chi connectivity index (χ4n) is 5.64. The van der Waals surface area contributed by atoms with Crippen LogP contribution in [0.3, 0.4) is 0 Å². The molecule has 3 aliphatic rings. The summed E-state index contributed by atoms with van der Waals surface area (Å²) in [4.78, 5) is 26.2. The topological polar surface area (TPSA) is 93.1 Å². The van der Waals surface area contributed by atoms with Crippen LogP contribution in [0.4, 0.5) is 0 Å². The molecule has 0 aromatic carbocycles. The number of hydrogen-bond acceptors (Lipinski definition) is 6. The van der Waals surface area contributed by atoms with Gasteiger partial charge in [-0.1, -0.05) is 0 Å². The van der Waals surface area contributed by atoms with Crippen LogP contribution in [0.1, 0.15) is 91.9 Å². The van der Waals surface area contributed by atoms with Crippen molar-refractivity contribution in [2.75, 3.05) is 13.2 Å². The highest BCUT2D eigenvalue weighted by Gasteiger charge is 2.49. The Morgan fingerprint density at radius 3 is 1.50 bits per heavy atom. The molecule has 3 rings (SSSR count). The Labute approximate surface area is 203 Å². The molecule has 0 heterocycles. The molecule has 0 amide bonds. The Morgan fingerprint density at radius 1 is 0.765 bits per heavy atom. The molecule has 0 radical (unpaired) electrons. The molecule has 2 saturated carbocycles. The molecule has 2 N–H and O–H groups in total. The van der Waals surface area contributed by atoms with Gasteiger partial charge in [0, 0.05) is 0 Å². The van der Waals surface area contributed by atoms with Gasteiger partial charge < -0.3 is 19.7 Å². The highest BCUT2D eigenvalue weighted by atomic mass is 16.5. The van der Waals surface area contributed by atoms with Crippen molar-refractivity contribution in [1.82, 2.24) is 0 Å². The normalized spacial score (nSPS) is 36.1. The first-order chi connectivity index (χ1) is 16.0. The van der Waals surface area contributed by atoms with Gasteiger partial charge in [-0.25, -0.2) is 0 Å². The van der Waals surface area contributed by atoms with E-state index >= 15 is 0 Å². The van der Waals surface area contributed by atoms with Crippen molar-refractivity contribution in [3.63, 3.8) is 0 Å². The maximum atomic E-state index is 13.1. The second kappa shape index (κ2) is 10.3. The minimum absolute atomic E-state index is 0.285. The Kier molecular flexibility index (Phi) is 7.99. The second-order valence-corrected chi connectivity index (χ2v) is 10.6. The molecule has 2 fully saturated rings. The van der Waals surface area contributed by atoms with E-state index in [1.54, 1.807) is 39.8 Å². The lowest BCUT2D eigenvalue weighted by Gasteiger charge is -2.32. The lowest BCUT2D eigenvalue weighted by molar-refractivity contribution is -0.154. The Bertz CT molecular complexity index is 853. The Balaban J connectivity index is 2.11. The first-order valence-corrected chi connectivity index (χ1v) is 12.7. The standard InChI is InChI=1S/C28H40O6/c1-5-33-23(29)27-13-7-9-21(27)11-15-26(4,32)18-20-28(24(30)34-6-2)14-8-10-22(28)12-16-25(3,31)17-19-27/h15-16,31-32H,5-10,13-14,17-20H2,1-4H3. The molecule has 0 aliphatic heterocycles. The SMILES string of the molecule is CCOC(=O)C12CCCC1=C=CC(C)(O)CCC1(C(=O)OCC)CCCC1=C=CC(C)(O)CC2. The van der Waals surface area contributed by atoms with Crippen LogP contribution in [0.2, 0.25) is 0 Å². The summed E-state index contributed by atoms with van der Waals surface area (Å²) < 4.78 is 10.9. The smallest absolute Gasteiger partial charge is 0.316 e. The molecule has 34 heavy (non-hydrogen) atoms. The van der Waals surface area contributed by atoms with Gasteiger partial charge in [-0.2, -0.15) is 0 Å². The van der Waals surface area contributed by atoms with E-state index in [0.717, 1.165) is 24.0 Å². The van der Waals surface area contributed by atoms with Crippen molar-refractivity contribution < 1.29 is 29.3 Å². The van der Waals surface area contributed by atoms with Crippen LogP contribution in [-0.4, -0.2) is 46.6 Å². The number of rotatable bonds is 4. The molecule has 0 bridgehead atoms. The quantitative estimate of drug-likeness (QED) is 0.455. The molecule has 0 spiro atoms. The summed E-state index contributed by atoms with van der Waals surface area (Å²) in [5, 5.41) is 22.4. The molecule has 3 aliphatic carbocycles. The third-order valence-electron chi connectivity index (χ3n) is 7.78. The van der Waals surface area contributed by atoms with Gasteiger partial charge in [-0.05, 0) is 115 Å². The largest absolute Gasteiger partial charge is 0.465 e. The van der Waals surface area contributed by atoms with Crippen LogP contribution in [0.25, 0.3) is 0 Å². The predicted octanol–water partition coefficient (Wildman–Crippen LogP) is 4.69. The Morgan fingerprint density at radius 2 is 1.15 bits per heavy atom. The minimum atomic E-state index is -1.21. The van der Waals surface area contributed by atoms with Gasteiger partial charge in [0.25, 0.3) is 0 Å². The maximum Gasteiger partial charge on any atom is 0.316 e. The van der Waals surface area contributed by atoms with E-state index in [1.807, 2.05) is 0 Å². The lowest BCUT2D eigenvalue weighted by Crippen LogP contribution is -2.36. The number of esters is 2. The average molecular weight is 473 g/mol. The second-order valence-electron chi connectivity index (χ2n) is 10.6. The van der Waals surface area contributed by atoms with Crippen LogP contribution in [0, 0.1) is 10.8 Å². The summed E-state index contributed by atoms with van der Waals surface area (Å²) in [6.07, 6.45) is 9.07. The third-order valence-corrected chi connectivity index (χ3v) is 7.78. The first-order valence-electron chi connectivity index (χ1n) is 12.7. The summed E-state index contributed by atoms with van der Waals surface area (Å²) in [6.45, 7) is 7.58. The molecule has 0 aromatic heterocycles. The van der Waals surface area contributed by atoms with E-state index in [1.165, 1.54) is 0 Å². The van der Waals surface area contributed by atoms with Crippen LogP contribution in [-0.2, 0) is 19.1 Å². The van der Waals surface area contributed by atoms with Gasteiger partial charge in [0.15, 0.2) is 0 Å². The van der Waals surface area contributed by atoms with Crippen molar-refractivity contribution in [2.24, 2.45) is 10.8 Å². The monoisotopic (exact) mass is 472 g/mol. The number of fused-ring (bicyclic) bond motifs is 2. The summed E-state index contributed by atoms with van der Waals surface area (Å²) >= 11 is 0. The summed E-state index contributed by atoms with van der Waals surface area (Å²) in [6, 6.07) is 0.